The molecule has 0 radical (unpaired) electrons. The van der Waals surface area contributed by atoms with Crippen molar-refractivity contribution in [1.29, 1.82) is 0 Å². The molecule has 2 nitrogen and oxygen atoms in total. The monoisotopic (exact) mass is 112 g/mol. The van der Waals surface area contributed by atoms with Crippen LogP contribution in [0.5, 0.6) is 0 Å². The normalized spacial score (nSPS) is 37.3. The van der Waals surface area contributed by atoms with Gasteiger partial charge in [-0.1, -0.05) is 0 Å². The molecule has 44 valence electrons. The van der Waals surface area contributed by atoms with Gasteiger partial charge in [-0.2, -0.15) is 0 Å². The molecule has 2 N–H and O–H groups in total. The predicted octanol–water partition coefficient (Wildman–Crippen LogP) is -0.349. The van der Waals surface area contributed by atoms with Gasteiger partial charge in [-0.25, -0.2) is 0 Å². The second-order valence-electron chi connectivity index (χ2n) is 1.68. The first kappa shape index (κ1) is 1.09. The third-order valence-electron chi connectivity index (χ3n) is 0.330. The molecule has 2 heteroatoms. The fourth-order valence-electron chi connectivity index (χ4n) is 0.125. The molecule has 0 bridgehead atoms. The Bertz CT molecular complexity index is 255. The molecule has 0 amide bonds. The third-order valence-corrected chi connectivity index (χ3v) is 0.330. The summed E-state index contributed by atoms with van der Waals surface area (Å²) >= 11 is 0. The van der Waals surface area contributed by atoms with E-state index in [9.17, 15) is 0 Å². The van der Waals surface area contributed by atoms with E-state index in [0.29, 0.717) is 0 Å². The lowest BCUT2D eigenvalue weighted by Crippen LogP contribution is -2.38. The Hall–Kier alpha value is -0.0800. The fourth-order valence-corrected chi connectivity index (χ4v) is 0.125. The van der Waals surface area contributed by atoms with E-state index < -0.39 is 30.2 Å². The first-order valence-electron chi connectivity index (χ1n) is 6.21. The summed E-state index contributed by atoms with van der Waals surface area (Å²) < 4.78 is 63.5. The van der Waals surface area contributed by atoms with Gasteiger partial charge < -0.3 is 10.2 Å². The number of hydrogen-bond donors (Lipinski definition) is 1. The zero-order chi connectivity index (χ0) is 13.6. The molecular formula is C5H15N2+. The standard InChI is InChI=1S/C5H15N2/c1-7(2,3)5-4-6/h4-6H2,1-3H3/q+1/i1D3,4D2,5D2/hD2. The van der Waals surface area contributed by atoms with Crippen LogP contribution in [0.2, 0.25) is 2.82 Å². The van der Waals surface area contributed by atoms with E-state index in [4.69, 9.17) is 12.4 Å². The molecule has 0 fully saturated rings. The maximum Gasteiger partial charge on any atom is 0.119 e. The van der Waals surface area contributed by atoms with Gasteiger partial charge in [-0.3, -0.25) is 0 Å². The maximum absolute atomic E-state index is 7.54. The summed E-state index contributed by atoms with van der Waals surface area (Å²) in [6.45, 7) is -8.79. The minimum Gasteiger partial charge on any atom is -0.330 e. The van der Waals surface area contributed by atoms with Crippen molar-refractivity contribution in [2.45, 2.75) is 0 Å². The van der Waals surface area contributed by atoms with Gasteiger partial charge in [0.05, 0.1) is 34.4 Å². The van der Waals surface area contributed by atoms with Crippen molar-refractivity contribution in [2.75, 3.05) is 34.1 Å². The molecule has 0 aromatic rings. The summed E-state index contributed by atoms with van der Waals surface area (Å²) in [5, 5.41) is 0. The maximum atomic E-state index is 7.54. The van der Waals surface area contributed by atoms with Crippen molar-refractivity contribution < 1.29 is 16.9 Å². The largest absolute Gasteiger partial charge is 0.330 e. The quantitative estimate of drug-likeness (QED) is 0.496. The number of nitrogens with two attached hydrogens (primary N) is 1. The van der Waals surface area contributed by atoms with Crippen molar-refractivity contribution in [3.8, 4) is 0 Å². The van der Waals surface area contributed by atoms with Crippen LogP contribution in [0.1, 0.15) is 9.60 Å². The zero-order valence-electron chi connectivity index (χ0n) is 13.4. The smallest absolute Gasteiger partial charge is 0.119 e. The minimum absolute atomic E-state index is 0.460. The van der Waals surface area contributed by atoms with Gasteiger partial charge in [0.1, 0.15) is 2.82 Å². The molecule has 0 aromatic heterocycles. The SMILES string of the molecule is [2H]N([2H])C([2H])([2H])C([2H])([2H])[N+](C)(C)C([2H])([2H])[2H]. The van der Waals surface area contributed by atoms with Crippen LogP contribution in [0, 0.1) is 0 Å². The van der Waals surface area contributed by atoms with Crippen LogP contribution in [0.25, 0.3) is 0 Å². The van der Waals surface area contributed by atoms with Crippen molar-refractivity contribution in [3.63, 3.8) is 0 Å². The molecule has 0 saturated heterocycles. The Morgan fingerprint density at radius 3 is 3.14 bits per heavy atom. The molecular weight excluding hydrogens is 88.1 g/mol. The molecule has 0 aliphatic rings. The molecule has 0 saturated carbocycles. The van der Waals surface area contributed by atoms with Gasteiger partial charge in [-0.15, -0.1) is 0 Å². The number of likely N-dealkylation sites (N-methyl/N-ethyl adjacent to an activating group) is 1. The average molecular weight is 112 g/mol. The number of quaternary nitrogens is 1. The van der Waals surface area contributed by atoms with E-state index in [1.807, 2.05) is 0 Å². The number of hydrogen-bond acceptors (Lipinski definition) is 1. The molecule has 0 unspecified atom stereocenters. The first-order valence-corrected chi connectivity index (χ1v) is 1.82. The van der Waals surface area contributed by atoms with E-state index in [0.717, 1.165) is 14.1 Å². The van der Waals surface area contributed by atoms with Gasteiger partial charge in [0.2, 0.25) is 0 Å². The molecule has 7 heavy (non-hydrogen) atoms. The molecule has 0 aromatic carbocycles. The van der Waals surface area contributed by atoms with Gasteiger partial charge >= 0.3 is 0 Å². The number of rotatable bonds is 3. The van der Waals surface area contributed by atoms with Crippen LogP contribution in [0.3, 0.4) is 0 Å². The molecule has 0 atom stereocenters. The Morgan fingerprint density at radius 2 is 2.71 bits per heavy atom. The van der Waals surface area contributed by atoms with Crippen LogP contribution in [0.4, 0.5) is 0 Å². The van der Waals surface area contributed by atoms with Crippen LogP contribution in [-0.4, -0.2) is 38.5 Å². The Morgan fingerprint density at radius 1 is 2.00 bits per heavy atom. The summed E-state index contributed by atoms with van der Waals surface area (Å²) in [5.74, 6) is 0. The highest BCUT2D eigenvalue weighted by atomic mass is 15.3. The highest BCUT2D eigenvalue weighted by Gasteiger charge is 2.01. The van der Waals surface area contributed by atoms with Crippen LogP contribution in [0.15, 0.2) is 0 Å². The summed E-state index contributed by atoms with van der Waals surface area (Å²) in [6, 6.07) is 0. The third kappa shape index (κ3) is 5.92. The highest BCUT2D eigenvalue weighted by molar-refractivity contribution is 4.26. The summed E-state index contributed by atoms with van der Waals surface area (Å²) in [7, 11) is 1.99. The average Bonchev–Trinajstić information content (AvgIpc) is 2.00. The summed E-state index contributed by atoms with van der Waals surface area (Å²) in [6.07, 6.45) is 0. The summed E-state index contributed by atoms with van der Waals surface area (Å²) in [5.41, 5.74) is -0.460. The topological polar surface area (TPSA) is 26.0 Å². The van der Waals surface area contributed by atoms with E-state index in [1.165, 1.54) is 0 Å². The van der Waals surface area contributed by atoms with Gasteiger partial charge in [0.25, 0.3) is 0 Å². The minimum atomic E-state index is -3.05. The molecule has 0 heterocycles. The summed E-state index contributed by atoms with van der Waals surface area (Å²) in [4.78, 5) is 0. The van der Waals surface area contributed by atoms with Crippen LogP contribution >= 0.6 is 0 Å². The highest BCUT2D eigenvalue weighted by Crippen LogP contribution is 1.83. The lowest BCUT2D eigenvalue weighted by atomic mass is 10.5. The fraction of sp³-hybridized carbons (Fsp3) is 1.00. The van der Waals surface area contributed by atoms with Crippen LogP contribution in [-0.2, 0) is 0 Å². The van der Waals surface area contributed by atoms with E-state index >= 15 is 0 Å². The van der Waals surface area contributed by atoms with Gasteiger partial charge in [-0.05, 0) is 0 Å². The van der Waals surface area contributed by atoms with Crippen molar-refractivity contribution in [2.24, 2.45) is 5.72 Å². The predicted molar refractivity (Wildman–Crippen MR) is 32.0 cm³/mol. The molecule has 0 spiro atoms. The molecule has 0 aliphatic carbocycles. The van der Waals surface area contributed by atoms with E-state index in [1.54, 1.807) is 0 Å². The van der Waals surface area contributed by atoms with Crippen molar-refractivity contribution in [3.05, 3.63) is 0 Å². The Kier molecular flexibility index (Phi) is 0.356. The second-order valence-corrected chi connectivity index (χ2v) is 1.68. The number of nitrogens with zero attached hydrogens (tertiary/aromatic N) is 1. The Labute approximate surface area is 58.3 Å². The van der Waals surface area contributed by atoms with Gasteiger partial charge in [0, 0.05) is 9.24 Å². The lowest BCUT2D eigenvalue weighted by molar-refractivity contribution is -0.868. The second kappa shape index (κ2) is 2.28. The van der Waals surface area contributed by atoms with Gasteiger partial charge in [0.15, 0.2) is 0 Å². The van der Waals surface area contributed by atoms with Crippen molar-refractivity contribution in [1.82, 2.24) is 0 Å². The lowest BCUT2D eigenvalue weighted by Gasteiger charge is -2.22. The first-order chi connectivity index (χ1) is 6.69. The van der Waals surface area contributed by atoms with Crippen molar-refractivity contribution >= 4 is 0 Å². The van der Waals surface area contributed by atoms with E-state index in [-0.39, 0.29) is 0 Å². The molecule has 0 rings (SSSR count). The van der Waals surface area contributed by atoms with Crippen LogP contribution < -0.4 is 5.72 Å². The Balaban J connectivity index is 5.53. The molecule has 0 aliphatic heterocycles. The zero-order valence-corrected chi connectivity index (χ0v) is 4.39. The van der Waals surface area contributed by atoms with E-state index in [2.05, 4.69) is 0 Å².